The minimum Gasteiger partial charge on any atom is -0.456 e. The molecule has 4 heterocycles. The Balaban J connectivity index is 1.56. The van der Waals surface area contributed by atoms with E-state index in [1.54, 1.807) is 0 Å². The van der Waals surface area contributed by atoms with Crippen molar-refractivity contribution < 1.29 is 13.7 Å². The molecule has 0 spiro atoms. The van der Waals surface area contributed by atoms with Crippen LogP contribution in [-0.2, 0) is 9.31 Å². The average Bonchev–Trinajstić information content (AvgIpc) is 3.37. The molecule has 0 radical (unpaired) electrons. The van der Waals surface area contributed by atoms with Crippen LogP contribution in [0.1, 0.15) is 27.7 Å². The molecule has 1 saturated heterocycles. The minimum atomic E-state index is -0.464. The number of hydrogen-bond acceptors (Lipinski definition) is 5. The fourth-order valence-electron chi connectivity index (χ4n) is 5.45. The summed E-state index contributed by atoms with van der Waals surface area (Å²) in [6.07, 6.45) is 0. The van der Waals surface area contributed by atoms with E-state index in [-0.39, 0.29) is 0 Å². The summed E-state index contributed by atoms with van der Waals surface area (Å²) in [7, 11) is -0.464. The van der Waals surface area contributed by atoms with Crippen molar-refractivity contribution in [2.24, 2.45) is 0 Å². The Kier molecular flexibility index (Phi) is 3.54. The first-order chi connectivity index (χ1) is 16.3. The maximum Gasteiger partial charge on any atom is 0.498 e. The van der Waals surface area contributed by atoms with Gasteiger partial charge in [-0.2, -0.15) is 0 Å². The van der Waals surface area contributed by atoms with Crippen LogP contribution in [0.25, 0.3) is 62.3 Å². The van der Waals surface area contributed by atoms with Crippen LogP contribution in [-0.4, -0.2) is 18.3 Å². The van der Waals surface area contributed by atoms with E-state index in [2.05, 4.69) is 82.3 Å². The predicted octanol–water partition coefficient (Wildman–Crippen LogP) is 8.06. The summed E-state index contributed by atoms with van der Waals surface area (Å²) >= 11 is 3.73. The van der Waals surface area contributed by atoms with Crippen LogP contribution in [0.5, 0.6) is 0 Å². The van der Waals surface area contributed by atoms with Crippen LogP contribution in [0.15, 0.2) is 59.0 Å². The second-order valence-electron chi connectivity index (χ2n) is 10.4. The van der Waals surface area contributed by atoms with E-state index in [9.17, 15) is 0 Å². The topological polar surface area (TPSA) is 31.6 Å². The molecule has 4 aromatic carbocycles. The number of fused-ring (bicyclic) bond motifs is 2. The van der Waals surface area contributed by atoms with Crippen LogP contribution in [0.3, 0.4) is 0 Å². The zero-order valence-electron chi connectivity index (χ0n) is 19.3. The molecule has 166 valence electrons. The molecule has 6 heteroatoms. The monoisotopic (exact) mass is 480 g/mol. The molecule has 0 saturated carbocycles. The summed E-state index contributed by atoms with van der Waals surface area (Å²) in [5.41, 5.74) is 1.96. The summed E-state index contributed by atoms with van der Waals surface area (Å²) in [4.78, 5) is 0. The summed E-state index contributed by atoms with van der Waals surface area (Å²) in [6.45, 7) is 8.37. The molecule has 8 rings (SSSR count). The first kappa shape index (κ1) is 19.6. The third-order valence-corrected chi connectivity index (χ3v) is 10.2. The smallest absolute Gasteiger partial charge is 0.456 e. The van der Waals surface area contributed by atoms with Crippen molar-refractivity contribution in [1.29, 1.82) is 0 Å². The maximum atomic E-state index is 6.59. The van der Waals surface area contributed by atoms with Gasteiger partial charge in [0.1, 0.15) is 11.2 Å². The molecule has 7 aromatic rings. The zero-order valence-corrected chi connectivity index (χ0v) is 20.9. The van der Waals surface area contributed by atoms with E-state index in [1.165, 1.54) is 51.1 Å². The van der Waals surface area contributed by atoms with Crippen LogP contribution in [0, 0.1) is 0 Å². The molecule has 0 bridgehead atoms. The fourth-order valence-corrected chi connectivity index (χ4v) is 7.95. The van der Waals surface area contributed by atoms with Gasteiger partial charge in [0, 0.05) is 45.8 Å². The van der Waals surface area contributed by atoms with E-state index in [0.717, 1.165) is 16.6 Å². The summed E-state index contributed by atoms with van der Waals surface area (Å²) in [5, 5.41) is 7.66. The van der Waals surface area contributed by atoms with Crippen molar-refractivity contribution in [3.8, 4) is 0 Å². The van der Waals surface area contributed by atoms with Gasteiger partial charge in [-0.05, 0) is 62.7 Å². The van der Waals surface area contributed by atoms with Crippen molar-refractivity contribution in [3.63, 3.8) is 0 Å². The predicted molar refractivity (Wildman–Crippen MR) is 146 cm³/mol. The molecule has 1 aliphatic rings. The summed E-state index contributed by atoms with van der Waals surface area (Å²) in [5.74, 6) is 0. The maximum absolute atomic E-state index is 6.59. The van der Waals surface area contributed by atoms with Crippen molar-refractivity contribution >= 4 is 97.5 Å². The van der Waals surface area contributed by atoms with Gasteiger partial charge in [0.25, 0.3) is 0 Å². The summed E-state index contributed by atoms with van der Waals surface area (Å²) in [6, 6.07) is 19.8. The van der Waals surface area contributed by atoms with Gasteiger partial charge in [-0.1, -0.05) is 30.3 Å². The Bertz CT molecular complexity index is 1920. The highest BCUT2D eigenvalue weighted by Crippen LogP contribution is 2.50. The molecule has 0 aliphatic carbocycles. The van der Waals surface area contributed by atoms with Crippen LogP contribution in [0.2, 0.25) is 0 Å². The van der Waals surface area contributed by atoms with E-state index in [1.807, 2.05) is 22.7 Å². The standard InChI is InChI=1S/C28H21BO3S2/c1-27(2)28(3,4)32-29(31-27)16-9-11-19-23-21-17(30-25(16)23)10-12-18-22(21)24-20(33-18)13-14-7-5-6-8-15(14)26(24)34-19/h5-13H,1-4H3. The van der Waals surface area contributed by atoms with E-state index in [0.29, 0.717) is 0 Å². The molecule has 34 heavy (non-hydrogen) atoms. The molecule has 3 aromatic heterocycles. The largest absolute Gasteiger partial charge is 0.498 e. The molecule has 0 N–H and O–H groups in total. The van der Waals surface area contributed by atoms with Crippen LogP contribution >= 0.6 is 22.7 Å². The second kappa shape index (κ2) is 6.13. The van der Waals surface area contributed by atoms with Gasteiger partial charge in [0.15, 0.2) is 0 Å². The van der Waals surface area contributed by atoms with Crippen molar-refractivity contribution in [2.45, 2.75) is 38.9 Å². The van der Waals surface area contributed by atoms with Gasteiger partial charge in [0.05, 0.1) is 11.2 Å². The SMILES string of the molecule is CC1(C)OB(c2ccc3sc4c5ccccc5cc5sc6ccc7oc2c3c7c6c54)OC1(C)C. The molecular weight excluding hydrogens is 459 g/mol. The first-order valence-electron chi connectivity index (χ1n) is 11.6. The Morgan fingerprint density at radius 1 is 0.706 bits per heavy atom. The zero-order chi connectivity index (χ0) is 23.0. The van der Waals surface area contributed by atoms with Crippen LogP contribution in [0.4, 0.5) is 0 Å². The third-order valence-electron chi connectivity index (χ3n) is 7.90. The minimum absolute atomic E-state index is 0.403. The number of benzene rings is 4. The van der Waals surface area contributed by atoms with E-state index < -0.39 is 18.3 Å². The van der Waals surface area contributed by atoms with Crippen molar-refractivity contribution in [1.82, 2.24) is 0 Å². The third kappa shape index (κ3) is 2.30. The molecular formula is C28H21BO3S2. The normalized spacial score (nSPS) is 18.2. The van der Waals surface area contributed by atoms with Gasteiger partial charge in [0.2, 0.25) is 0 Å². The molecule has 1 fully saturated rings. The molecule has 0 amide bonds. The molecule has 0 atom stereocenters. The van der Waals surface area contributed by atoms with E-state index in [4.69, 9.17) is 13.7 Å². The van der Waals surface area contributed by atoms with Gasteiger partial charge < -0.3 is 13.7 Å². The lowest BCUT2D eigenvalue weighted by molar-refractivity contribution is 0.00578. The number of furan rings is 1. The number of thiophene rings is 1. The van der Waals surface area contributed by atoms with E-state index >= 15 is 0 Å². The van der Waals surface area contributed by atoms with Gasteiger partial charge in [-0.3, -0.25) is 0 Å². The second-order valence-corrected chi connectivity index (χ2v) is 12.5. The highest BCUT2D eigenvalue weighted by Gasteiger charge is 2.52. The fraction of sp³-hybridized carbons (Fsp3) is 0.214. The van der Waals surface area contributed by atoms with Gasteiger partial charge in [-0.25, -0.2) is 0 Å². The van der Waals surface area contributed by atoms with Crippen LogP contribution < -0.4 is 5.46 Å². The lowest BCUT2D eigenvalue weighted by atomic mass is 9.78. The Hall–Kier alpha value is -2.64. The molecule has 3 nitrogen and oxygen atoms in total. The lowest BCUT2D eigenvalue weighted by Gasteiger charge is -2.32. The average molecular weight is 480 g/mol. The molecule has 1 aliphatic heterocycles. The number of rotatable bonds is 1. The molecule has 0 unspecified atom stereocenters. The quantitative estimate of drug-likeness (QED) is 0.223. The first-order valence-corrected chi connectivity index (χ1v) is 13.3. The highest BCUT2D eigenvalue weighted by molar-refractivity contribution is 7.29. The Morgan fingerprint density at radius 2 is 1.44 bits per heavy atom. The van der Waals surface area contributed by atoms with Crippen molar-refractivity contribution in [3.05, 3.63) is 54.6 Å². The Labute approximate surface area is 204 Å². The van der Waals surface area contributed by atoms with Crippen molar-refractivity contribution in [2.75, 3.05) is 0 Å². The summed E-state index contributed by atoms with van der Waals surface area (Å²) < 4.78 is 24.7. The number of hydrogen-bond donors (Lipinski definition) is 0. The van der Waals surface area contributed by atoms with Gasteiger partial charge >= 0.3 is 7.12 Å². The highest BCUT2D eigenvalue weighted by atomic mass is 32.1. The van der Waals surface area contributed by atoms with Gasteiger partial charge in [-0.15, -0.1) is 22.7 Å². The lowest BCUT2D eigenvalue weighted by Crippen LogP contribution is -2.41. The Morgan fingerprint density at radius 3 is 2.26 bits per heavy atom.